The average molecular weight is 351 g/mol. The van der Waals surface area contributed by atoms with Crippen LogP contribution in [0.1, 0.15) is 29.7 Å². The third-order valence-corrected chi connectivity index (χ3v) is 5.50. The Labute approximate surface area is 144 Å². The maximum atomic E-state index is 12.3. The molecule has 122 valence electrons. The highest BCUT2D eigenvalue weighted by atomic mass is 35.5. The summed E-state index contributed by atoms with van der Waals surface area (Å²) in [5.41, 5.74) is 3.14. The van der Waals surface area contributed by atoms with Crippen molar-refractivity contribution in [3.63, 3.8) is 0 Å². The lowest BCUT2D eigenvalue weighted by Gasteiger charge is -2.14. The molecule has 0 aliphatic heterocycles. The van der Waals surface area contributed by atoms with Crippen molar-refractivity contribution < 1.29 is 5.11 Å². The van der Waals surface area contributed by atoms with Crippen molar-refractivity contribution in [2.75, 3.05) is 6.61 Å². The molecule has 0 spiro atoms. The van der Waals surface area contributed by atoms with Crippen molar-refractivity contribution >= 4 is 23.4 Å². The van der Waals surface area contributed by atoms with Crippen LogP contribution in [0.15, 0.2) is 34.1 Å². The van der Waals surface area contributed by atoms with Crippen LogP contribution in [0, 0.1) is 0 Å². The molecule has 4 nitrogen and oxygen atoms in total. The number of benzene rings is 1. The van der Waals surface area contributed by atoms with Crippen LogP contribution < -0.4 is 5.69 Å². The number of aromatic nitrogens is 2. The van der Waals surface area contributed by atoms with Crippen LogP contribution in [0.4, 0.5) is 0 Å². The molecular formula is C17H19ClN2O2S. The van der Waals surface area contributed by atoms with E-state index >= 15 is 0 Å². The van der Waals surface area contributed by atoms with Gasteiger partial charge in [-0.1, -0.05) is 29.8 Å². The van der Waals surface area contributed by atoms with Crippen LogP contribution in [0.5, 0.6) is 0 Å². The van der Waals surface area contributed by atoms with E-state index in [0.29, 0.717) is 18.7 Å². The van der Waals surface area contributed by atoms with Gasteiger partial charge in [-0.2, -0.15) is 4.98 Å². The fourth-order valence-corrected chi connectivity index (χ4v) is 4.29. The third kappa shape index (κ3) is 3.62. The summed E-state index contributed by atoms with van der Waals surface area (Å²) in [4.78, 5) is 16.6. The van der Waals surface area contributed by atoms with Crippen LogP contribution in [-0.4, -0.2) is 21.3 Å². The summed E-state index contributed by atoms with van der Waals surface area (Å²) in [6.07, 6.45) is 3.52. The Hall–Kier alpha value is -1.30. The molecule has 1 heterocycles. The second-order valence-electron chi connectivity index (χ2n) is 5.59. The number of thioether (sulfide) groups is 1. The van der Waals surface area contributed by atoms with E-state index in [1.54, 1.807) is 16.3 Å². The maximum absolute atomic E-state index is 12.3. The van der Waals surface area contributed by atoms with Crippen LogP contribution in [0.3, 0.4) is 0 Å². The predicted molar refractivity (Wildman–Crippen MR) is 93.2 cm³/mol. The molecule has 23 heavy (non-hydrogen) atoms. The van der Waals surface area contributed by atoms with Gasteiger partial charge in [0.05, 0.1) is 0 Å². The first-order chi connectivity index (χ1) is 11.2. The molecule has 0 amide bonds. The third-order valence-electron chi connectivity index (χ3n) is 4.06. The minimum Gasteiger partial charge on any atom is -0.396 e. The van der Waals surface area contributed by atoms with Crippen molar-refractivity contribution in [3.05, 3.63) is 56.6 Å². The van der Waals surface area contributed by atoms with Crippen molar-refractivity contribution in [1.82, 2.24) is 9.55 Å². The topological polar surface area (TPSA) is 55.1 Å². The number of halogens is 1. The number of hydrogen-bond donors (Lipinski definition) is 1. The van der Waals surface area contributed by atoms with E-state index < -0.39 is 0 Å². The summed E-state index contributed by atoms with van der Waals surface area (Å²) in [6.45, 7) is 0.629. The highest BCUT2D eigenvalue weighted by Gasteiger charge is 2.21. The number of aliphatic hydroxyl groups is 1. The second-order valence-corrected chi connectivity index (χ2v) is 6.96. The van der Waals surface area contributed by atoms with Gasteiger partial charge in [-0.05, 0) is 37.3 Å². The van der Waals surface area contributed by atoms with E-state index in [1.807, 2.05) is 24.3 Å². The van der Waals surface area contributed by atoms with Crippen molar-refractivity contribution in [2.45, 2.75) is 43.0 Å². The van der Waals surface area contributed by atoms with E-state index in [1.165, 1.54) is 5.56 Å². The summed E-state index contributed by atoms with van der Waals surface area (Å²) >= 11 is 7.78. The van der Waals surface area contributed by atoms with Gasteiger partial charge in [0.1, 0.15) is 5.03 Å². The molecule has 1 aromatic carbocycles. The van der Waals surface area contributed by atoms with Gasteiger partial charge in [0, 0.05) is 35.2 Å². The highest BCUT2D eigenvalue weighted by molar-refractivity contribution is 7.98. The van der Waals surface area contributed by atoms with E-state index in [4.69, 9.17) is 16.7 Å². The van der Waals surface area contributed by atoms with Gasteiger partial charge in [0.15, 0.2) is 0 Å². The smallest absolute Gasteiger partial charge is 0.348 e. The molecule has 6 heteroatoms. The normalized spacial score (nSPS) is 13.3. The van der Waals surface area contributed by atoms with Crippen molar-refractivity contribution in [2.24, 2.45) is 0 Å². The van der Waals surface area contributed by atoms with Gasteiger partial charge in [-0.3, -0.25) is 4.57 Å². The number of nitrogens with zero attached hydrogens (tertiary/aromatic N) is 2. The number of fused-ring (bicyclic) bond motifs is 1. The van der Waals surface area contributed by atoms with Crippen LogP contribution in [0.2, 0.25) is 5.02 Å². The molecule has 1 aliphatic carbocycles. The molecule has 1 aliphatic rings. The number of hydrogen-bond acceptors (Lipinski definition) is 4. The molecule has 0 saturated carbocycles. The van der Waals surface area contributed by atoms with E-state index in [0.717, 1.165) is 40.6 Å². The van der Waals surface area contributed by atoms with Gasteiger partial charge >= 0.3 is 5.69 Å². The van der Waals surface area contributed by atoms with Crippen molar-refractivity contribution in [1.29, 1.82) is 0 Å². The zero-order chi connectivity index (χ0) is 16.2. The van der Waals surface area contributed by atoms with E-state index in [-0.39, 0.29) is 12.3 Å². The van der Waals surface area contributed by atoms with E-state index in [9.17, 15) is 4.79 Å². The molecule has 0 unspecified atom stereocenters. The first-order valence-corrected chi connectivity index (χ1v) is 9.16. The number of rotatable bonds is 6. The summed E-state index contributed by atoms with van der Waals surface area (Å²) in [6, 6.07) is 7.75. The van der Waals surface area contributed by atoms with Crippen LogP contribution in [-0.2, 0) is 25.1 Å². The highest BCUT2D eigenvalue weighted by Crippen LogP contribution is 2.32. The Balaban J connectivity index is 1.86. The Bertz CT molecular complexity index is 761. The zero-order valence-electron chi connectivity index (χ0n) is 12.8. The average Bonchev–Trinajstić information content (AvgIpc) is 3.03. The molecule has 1 N–H and O–H groups in total. The standard InChI is InChI=1S/C17H19ClN2O2S/c18-14-7-2-1-5-12(14)11-23-16-13-6-3-8-15(13)20(9-4-10-21)17(22)19-16/h1-2,5,7,21H,3-4,6,8-11H2. The van der Waals surface area contributed by atoms with Gasteiger partial charge in [-0.25, -0.2) is 4.79 Å². The zero-order valence-corrected chi connectivity index (χ0v) is 14.4. The van der Waals surface area contributed by atoms with Gasteiger partial charge in [0.25, 0.3) is 0 Å². The molecule has 0 fully saturated rings. The Morgan fingerprint density at radius 3 is 2.91 bits per heavy atom. The fourth-order valence-electron chi connectivity index (χ4n) is 2.93. The minimum atomic E-state index is -0.208. The second kappa shape index (κ2) is 7.51. The summed E-state index contributed by atoms with van der Waals surface area (Å²) in [7, 11) is 0. The first-order valence-electron chi connectivity index (χ1n) is 7.80. The molecule has 0 saturated heterocycles. The predicted octanol–water partition coefficient (Wildman–Crippen LogP) is 3.06. The van der Waals surface area contributed by atoms with E-state index in [2.05, 4.69) is 4.98 Å². The monoisotopic (exact) mass is 350 g/mol. The molecule has 2 aromatic rings. The summed E-state index contributed by atoms with van der Waals surface area (Å²) in [5, 5.41) is 10.6. The molecule has 0 bridgehead atoms. The molecule has 3 rings (SSSR count). The number of aliphatic hydroxyl groups excluding tert-OH is 1. The maximum Gasteiger partial charge on any atom is 0.348 e. The summed E-state index contributed by atoms with van der Waals surface area (Å²) < 4.78 is 1.73. The Morgan fingerprint density at radius 2 is 2.13 bits per heavy atom. The molecular weight excluding hydrogens is 332 g/mol. The lowest BCUT2D eigenvalue weighted by molar-refractivity contribution is 0.277. The largest absolute Gasteiger partial charge is 0.396 e. The molecule has 0 radical (unpaired) electrons. The van der Waals surface area contributed by atoms with Crippen molar-refractivity contribution in [3.8, 4) is 0 Å². The Morgan fingerprint density at radius 1 is 1.30 bits per heavy atom. The lowest BCUT2D eigenvalue weighted by atomic mass is 10.2. The molecule has 0 atom stereocenters. The molecule has 1 aromatic heterocycles. The van der Waals surface area contributed by atoms with Gasteiger partial charge in [0.2, 0.25) is 0 Å². The van der Waals surface area contributed by atoms with Crippen LogP contribution in [0.25, 0.3) is 0 Å². The lowest BCUT2D eigenvalue weighted by Crippen LogP contribution is -2.27. The summed E-state index contributed by atoms with van der Waals surface area (Å²) in [5.74, 6) is 0.708. The van der Waals surface area contributed by atoms with Gasteiger partial charge < -0.3 is 5.11 Å². The Kier molecular flexibility index (Phi) is 5.41. The quantitative estimate of drug-likeness (QED) is 0.642. The minimum absolute atomic E-state index is 0.0875. The first kappa shape index (κ1) is 16.6. The fraction of sp³-hybridized carbons (Fsp3) is 0.412. The SMILES string of the molecule is O=c1nc(SCc2ccccc2Cl)c2c(n1CCCO)CCC2. The van der Waals surface area contributed by atoms with Gasteiger partial charge in [-0.15, -0.1) is 11.8 Å². The van der Waals surface area contributed by atoms with Crippen LogP contribution >= 0.6 is 23.4 Å².